The van der Waals surface area contributed by atoms with E-state index < -0.39 is 0 Å². The number of benzene rings is 9. The summed E-state index contributed by atoms with van der Waals surface area (Å²) in [5, 5.41) is 9.92. The third-order valence-corrected chi connectivity index (χ3v) is 12.6. The van der Waals surface area contributed by atoms with Gasteiger partial charge in [0.1, 0.15) is 0 Å². The maximum Gasteiger partial charge on any atom is 0.263 e. The molecular weight excluding hydrogens is 719 g/mol. The summed E-state index contributed by atoms with van der Waals surface area (Å²) in [6, 6.07) is 71.5. The van der Waals surface area contributed by atoms with E-state index in [2.05, 4.69) is 185 Å². The zero-order chi connectivity index (χ0) is 38.8. The van der Waals surface area contributed by atoms with Crippen LogP contribution in [0.3, 0.4) is 0 Å². The van der Waals surface area contributed by atoms with Crippen LogP contribution in [-0.4, -0.2) is 13.5 Å². The SMILES string of the molecule is O=c1c2ccc(-c3cccc(-n4c5ccccc5c5cc(-c6ccc7c(c6)c6ccccc6n7-c6ccccc6)ccc54)c3)cc2c2cccc3c4ccccc4n1c23. The van der Waals surface area contributed by atoms with E-state index in [9.17, 15) is 4.79 Å². The van der Waals surface area contributed by atoms with Crippen molar-refractivity contribution in [3.05, 3.63) is 211 Å². The Kier molecular flexibility index (Phi) is 6.56. The van der Waals surface area contributed by atoms with E-state index in [-0.39, 0.29) is 5.56 Å². The minimum absolute atomic E-state index is 0.0220. The average Bonchev–Trinajstić information content (AvgIpc) is 3.94. The lowest BCUT2D eigenvalue weighted by Gasteiger charge is -2.12. The van der Waals surface area contributed by atoms with E-state index >= 15 is 0 Å². The molecular formula is C55H33N3O. The molecule has 0 aliphatic rings. The van der Waals surface area contributed by atoms with Gasteiger partial charge in [-0.3, -0.25) is 9.20 Å². The molecule has 4 heteroatoms. The van der Waals surface area contributed by atoms with Crippen LogP contribution in [0, 0.1) is 0 Å². The molecule has 0 saturated heterocycles. The Bertz CT molecular complexity index is 3920. The summed E-state index contributed by atoms with van der Waals surface area (Å²) in [4.78, 5) is 14.1. The number of nitrogens with zero attached hydrogens (tertiary/aromatic N) is 3. The quantitative estimate of drug-likeness (QED) is 0.165. The van der Waals surface area contributed by atoms with Gasteiger partial charge in [0.2, 0.25) is 0 Å². The predicted molar refractivity (Wildman–Crippen MR) is 247 cm³/mol. The Hall–Kier alpha value is -7.95. The summed E-state index contributed by atoms with van der Waals surface area (Å²) >= 11 is 0. The zero-order valence-corrected chi connectivity index (χ0v) is 31.8. The lowest BCUT2D eigenvalue weighted by Crippen LogP contribution is -2.12. The molecule has 0 aliphatic heterocycles. The molecule has 0 bridgehead atoms. The monoisotopic (exact) mass is 751 g/mol. The second-order valence-electron chi connectivity index (χ2n) is 15.7. The Morgan fingerprint density at radius 1 is 0.271 bits per heavy atom. The fourth-order valence-electron chi connectivity index (χ4n) is 9.96. The first kappa shape index (κ1) is 32.2. The third kappa shape index (κ3) is 4.51. The van der Waals surface area contributed by atoms with Gasteiger partial charge in [-0.15, -0.1) is 0 Å². The van der Waals surface area contributed by atoms with Crippen LogP contribution in [0.15, 0.2) is 205 Å². The highest BCUT2D eigenvalue weighted by molar-refractivity contribution is 6.20. The topological polar surface area (TPSA) is 31.3 Å². The predicted octanol–water partition coefficient (Wildman–Crippen LogP) is 13.7. The van der Waals surface area contributed by atoms with Crippen LogP contribution in [-0.2, 0) is 0 Å². The van der Waals surface area contributed by atoms with Crippen molar-refractivity contribution < 1.29 is 0 Å². The largest absolute Gasteiger partial charge is 0.309 e. The van der Waals surface area contributed by atoms with Crippen molar-refractivity contribution in [3.8, 4) is 33.6 Å². The maximum atomic E-state index is 14.1. The molecule has 0 unspecified atom stereocenters. The van der Waals surface area contributed by atoms with Crippen molar-refractivity contribution in [1.82, 2.24) is 13.5 Å². The number of hydrogen-bond acceptors (Lipinski definition) is 1. The summed E-state index contributed by atoms with van der Waals surface area (Å²) in [5.41, 5.74) is 13.5. The lowest BCUT2D eigenvalue weighted by molar-refractivity contribution is 1.18. The first-order valence-electron chi connectivity index (χ1n) is 20.1. The molecule has 274 valence electrons. The molecule has 0 amide bonds. The van der Waals surface area contributed by atoms with Crippen molar-refractivity contribution in [2.75, 3.05) is 0 Å². The van der Waals surface area contributed by atoms with E-state index in [1.165, 1.54) is 43.7 Å². The van der Waals surface area contributed by atoms with Crippen LogP contribution < -0.4 is 5.56 Å². The molecule has 13 aromatic rings. The summed E-state index contributed by atoms with van der Waals surface area (Å²) < 4.78 is 6.65. The number of fused-ring (bicyclic) bond motifs is 11. The fourth-order valence-corrected chi connectivity index (χ4v) is 9.96. The summed E-state index contributed by atoms with van der Waals surface area (Å²) in [7, 11) is 0. The molecule has 59 heavy (non-hydrogen) atoms. The molecule has 0 radical (unpaired) electrons. The van der Waals surface area contributed by atoms with Gasteiger partial charge in [-0.25, -0.2) is 0 Å². The summed E-state index contributed by atoms with van der Waals surface area (Å²) in [6.45, 7) is 0. The normalized spacial score (nSPS) is 12.1. The maximum absolute atomic E-state index is 14.1. The van der Waals surface area contributed by atoms with Gasteiger partial charge in [-0.05, 0) is 107 Å². The van der Waals surface area contributed by atoms with Gasteiger partial charge in [-0.1, -0.05) is 121 Å². The lowest BCUT2D eigenvalue weighted by atomic mass is 9.98. The number of hydrogen-bond donors (Lipinski definition) is 0. The fraction of sp³-hybridized carbons (Fsp3) is 0. The molecule has 4 nitrogen and oxygen atoms in total. The second-order valence-corrected chi connectivity index (χ2v) is 15.7. The van der Waals surface area contributed by atoms with Crippen molar-refractivity contribution in [3.63, 3.8) is 0 Å². The van der Waals surface area contributed by atoms with Gasteiger partial charge in [0.15, 0.2) is 0 Å². The molecule has 4 heterocycles. The van der Waals surface area contributed by atoms with Gasteiger partial charge in [-0.2, -0.15) is 0 Å². The van der Waals surface area contributed by atoms with Crippen molar-refractivity contribution in [1.29, 1.82) is 0 Å². The van der Waals surface area contributed by atoms with Crippen LogP contribution in [0.5, 0.6) is 0 Å². The van der Waals surface area contributed by atoms with E-state index in [0.717, 1.165) is 71.5 Å². The minimum Gasteiger partial charge on any atom is -0.309 e. The molecule has 0 atom stereocenters. The van der Waals surface area contributed by atoms with Gasteiger partial charge in [0, 0.05) is 54.5 Å². The molecule has 4 aromatic heterocycles. The molecule has 9 aromatic carbocycles. The highest BCUT2D eigenvalue weighted by atomic mass is 16.1. The van der Waals surface area contributed by atoms with Gasteiger partial charge in [0.05, 0.1) is 33.1 Å². The zero-order valence-electron chi connectivity index (χ0n) is 31.8. The Balaban J connectivity index is 0.954. The smallest absolute Gasteiger partial charge is 0.263 e. The number of pyridine rings is 1. The van der Waals surface area contributed by atoms with Gasteiger partial charge >= 0.3 is 0 Å². The number of para-hydroxylation sites is 5. The number of rotatable bonds is 4. The molecule has 0 saturated carbocycles. The number of aromatic nitrogens is 3. The van der Waals surface area contributed by atoms with Crippen LogP contribution in [0.25, 0.3) is 115 Å². The first-order valence-corrected chi connectivity index (χ1v) is 20.1. The summed E-state index contributed by atoms with van der Waals surface area (Å²) in [6.07, 6.45) is 0. The van der Waals surface area contributed by atoms with Gasteiger partial charge in [0.25, 0.3) is 5.56 Å². The van der Waals surface area contributed by atoms with Gasteiger partial charge < -0.3 is 9.13 Å². The Labute approximate surface area is 338 Å². The Morgan fingerprint density at radius 3 is 1.37 bits per heavy atom. The van der Waals surface area contributed by atoms with Crippen molar-refractivity contribution in [2.24, 2.45) is 0 Å². The van der Waals surface area contributed by atoms with Crippen LogP contribution >= 0.6 is 0 Å². The van der Waals surface area contributed by atoms with Crippen molar-refractivity contribution >= 4 is 81.6 Å². The van der Waals surface area contributed by atoms with E-state index in [1.54, 1.807) is 0 Å². The third-order valence-electron chi connectivity index (χ3n) is 12.6. The molecule has 0 spiro atoms. The highest BCUT2D eigenvalue weighted by Crippen LogP contribution is 2.40. The standard InChI is InChI=1S/C55H33N3O/c59-55-45-27-24-35(31-46(45)44-20-11-19-43-40-16-4-9-23-51(40)58(55)54(43)44)34-12-10-15-39(30-34)57-50-22-8-6-18-42(50)48-33-37(26-29-53(48)57)36-25-28-52-47(32-36)41-17-5-7-21-49(41)56(52)38-13-2-1-3-14-38/h1-33H. The summed E-state index contributed by atoms with van der Waals surface area (Å²) in [5.74, 6) is 0. The van der Waals surface area contributed by atoms with Crippen molar-refractivity contribution in [2.45, 2.75) is 0 Å². The average molecular weight is 752 g/mol. The van der Waals surface area contributed by atoms with Crippen LogP contribution in [0.4, 0.5) is 0 Å². The van der Waals surface area contributed by atoms with Crippen LogP contribution in [0.1, 0.15) is 0 Å². The minimum atomic E-state index is 0.0220. The molecule has 0 aliphatic carbocycles. The van der Waals surface area contributed by atoms with E-state index in [4.69, 9.17) is 0 Å². The first-order chi connectivity index (χ1) is 29.2. The highest BCUT2D eigenvalue weighted by Gasteiger charge is 2.19. The second kappa shape index (κ2) is 12.0. The van der Waals surface area contributed by atoms with E-state index in [1.807, 2.05) is 28.7 Å². The molecule has 0 fully saturated rings. The Morgan fingerprint density at radius 2 is 0.712 bits per heavy atom. The molecule has 13 rings (SSSR count). The van der Waals surface area contributed by atoms with Crippen LogP contribution in [0.2, 0.25) is 0 Å². The molecule has 0 N–H and O–H groups in total. The van der Waals surface area contributed by atoms with E-state index in [0.29, 0.717) is 0 Å².